The molecule has 3 aromatic carbocycles. The van der Waals surface area contributed by atoms with Crippen LogP contribution in [0.25, 0.3) is 0 Å². The Morgan fingerprint density at radius 1 is 0.367 bits per heavy atom. The number of carbonyl (C=O) groups excluding carboxylic acids is 6. The molecular formula is C48H58O12. The summed E-state index contributed by atoms with van der Waals surface area (Å²) in [5.74, 6) is -1.51. The van der Waals surface area contributed by atoms with Crippen molar-refractivity contribution in [3.63, 3.8) is 0 Å². The van der Waals surface area contributed by atoms with Crippen LogP contribution < -0.4 is 18.9 Å². The molecule has 0 aromatic heterocycles. The van der Waals surface area contributed by atoms with E-state index in [1.807, 2.05) is 0 Å². The molecule has 0 atom stereocenters. The molecule has 12 nitrogen and oxygen atoms in total. The predicted octanol–water partition coefficient (Wildman–Crippen LogP) is 10.4. The lowest BCUT2D eigenvalue weighted by molar-refractivity contribution is -0.138. The zero-order valence-corrected chi connectivity index (χ0v) is 34.5. The average molecular weight is 827 g/mol. The van der Waals surface area contributed by atoms with E-state index in [0.717, 1.165) is 103 Å². The van der Waals surface area contributed by atoms with E-state index >= 15 is 0 Å². The predicted molar refractivity (Wildman–Crippen MR) is 226 cm³/mol. The van der Waals surface area contributed by atoms with Gasteiger partial charge in [-0.25, -0.2) is 19.2 Å². The molecule has 0 heterocycles. The van der Waals surface area contributed by atoms with Crippen molar-refractivity contribution in [2.45, 2.75) is 116 Å². The molecule has 0 bridgehead atoms. The van der Waals surface area contributed by atoms with E-state index in [-0.39, 0.29) is 46.5 Å². The fraction of sp³-hybridized carbons (Fsp3) is 0.417. The van der Waals surface area contributed by atoms with E-state index in [2.05, 4.69) is 13.2 Å². The van der Waals surface area contributed by atoms with E-state index in [4.69, 9.17) is 28.4 Å². The van der Waals surface area contributed by atoms with Gasteiger partial charge in [-0.05, 0) is 98.5 Å². The molecular weight excluding hydrogens is 769 g/mol. The summed E-state index contributed by atoms with van der Waals surface area (Å²) in [5, 5.41) is 0. The lowest BCUT2D eigenvalue weighted by Gasteiger charge is -2.08. The molecule has 0 aliphatic rings. The van der Waals surface area contributed by atoms with E-state index in [1.165, 1.54) is 84.9 Å². The molecule has 12 heteroatoms. The molecule has 0 aliphatic heterocycles. The van der Waals surface area contributed by atoms with Crippen LogP contribution in [0.3, 0.4) is 0 Å². The van der Waals surface area contributed by atoms with Crippen LogP contribution in [-0.2, 0) is 28.7 Å². The second-order valence-corrected chi connectivity index (χ2v) is 14.1. The van der Waals surface area contributed by atoms with Crippen LogP contribution in [0.2, 0.25) is 0 Å². The molecule has 0 fully saturated rings. The van der Waals surface area contributed by atoms with Crippen molar-refractivity contribution in [1.29, 1.82) is 0 Å². The Kier molecular flexibility index (Phi) is 23.5. The van der Waals surface area contributed by atoms with Gasteiger partial charge in [-0.1, -0.05) is 90.2 Å². The Morgan fingerprint density at radius 3 is 0.950 bits per heavy atom. The van der Waals surface area contributed by atoms with Crippen molar-refractivity contribution in [3.8, 4) is 23.0 Å². The van der Waals surface area contributed by atoms with Crippen molar-refractivity contribution in [2.75, 3.05) is 13.2 Å². The summed E-state index contributed by atoms with van der Waals surface area (Å²) >= 11 is 0. The van der Waals surface area contributed by atoms with Crippen LogP contribution in [-0.4, -0.2) is 49.0 Å². The van der Waals surface area contributed by atoms with E-state index in [0.29, 0.717) is 37.6 Å². The average Bonchev–Trinajstić information content (AvgIpc) is 3.25. The SMILES string of the molecule is C=CC(=O)OCCCCCCCCCCC(=O)Oc1ccc(C(=O)Oc2ccc(OC(=O)c3ccc(OC(=O)CCCCCCCCCCOC(=O)C=C)cc3)cc2)cc1. The van der Waals surface area contributed by atoms with Gasteiger partial charge in [0.25, 0.3) is 0 Å². The second-order valence-electron chi connectivity index (χ2n) is 14.1. The smallest absolute Gasteiger partial charge is 0.343 e. The van der Waals surface area contributed by atoms with Gasteiger partial charge in [0, 0.05) is 25.0 Å². The molecule has 3 aromatic rings. The highest BCUT2D eigenvalue weighted by atomic mass is 16.6. The van der Waals surface area contributed by atoms with Gasteiger partial charge >= 0.3 is 35.8 Å². The van der Waals surface area contributed by atoms with Gasteiger partial charge in [0.1, 0.15) is 23.0 Å². The summed E-state index contributed by atoms with van der Waals surface area (Å²) in [6, 6.07) is 18.2. The minimum Gasteiger partial charge on any atom is -0.463 e. The summed E-state index contributed by atoms with van der Waals surface area (Å²) in [5.41, 5.74) is 0.526. The molecule has 0 radical (unpaired) electrons. The number of unbranched alkanes of at least 4 members (excludes halogenated alkanes) is 14. The highest BCUT2D eigenvalue weighted by Crippen LogP contribution is 2.22. The first-order chi connectivity index (χ1) is 29.2. The maximum atomic E-state index is 12.7. The van der Waals surface area contributed by atoms with Crippen molar-refractivity contribution in [3.05, 3.63) is 109 Å². The minimum atomic E-state index is -0.611. The van der Waals surface area contributed by atoms with Crippen LogP contribution in [0, 0.1) is 0 Å². The number of hydrogen-bond donors (Lipinski definition) is 0. The van der Waals surface area contributed by atoms with Crippen LogP contribution >= 0.6 is 0 Å². The summed E-state index contributed by atoms with van der Waals surface area (Å²) in [6.45, 7) is 7.58. The molecule has 0 amide bonds. The van der Waals surface area contributed by atoms with Gasteiger partial charge in [-0.2, -0.15) is 0 Å². The number of carbonyl (C=O) groups is 6. The summed E-state index contributed by atoms with van der Waals surface area (Å²) in [4.78, 5) is 72.0. The summed E-state index contributed by atoms with van der Waals surface area (Å²) in [7, 11) is 0. The molecule has 322 valence electrons. The number of rotatable bonds is 30. The number of benzene rings is 3. The lowest BCUT2D eigenvalue weighted by atomic mass is 10.1. The van der Waals surface area contributed by atoms with Crippen molar-refractivity contribution in [2.24, 2.45) is 0 Å². The largest absolute Gasteiger partial charge is 0.463 e. The standard InChI is InChI=1S/C48H58O12/c1-3-43(49)55-35-19-15-11-7-5-9-13-17-21-45(51)57-39-27-23-37(24-28-39)47(53)59-41-31-33-42(34-32-41)60-48(54)38-25-29-40(30-26-38)58-46(52)22-18-14-10-6-8-12-16-20-36-56-44(50)4-2/h3-4,23-34H,1-2,5-22,35-36H2. The normalized spacial score (nSPS) is 10.5. The highest BCUT2D eigenvalue weighted by molar-refractivity contribution is 5.92. The van der Waals surface area contributed by atoms with Gasteiger partial charge in [-0.3, -0.25) is 9.59 Å². The van der Waals surface area contributed by atoms with E-state index in [1.54, 1.807) is 0 Å². The number of ether oxygens (including phenoxy) is 6. The zero-order valence-electron chi connectivity index (χ0n) is 34.5. The van der Waals surface area contributed by atoms with Crippen LogP contribution in [0.15, 0.2) is 98.1 Å². The fourth-order valence-corrected chi connectivity index (χ4v) is 5.92. The zero-order chi connectivity index (χ0) is 43.2. The van der Waals surface area contributed by atoms with Crippen LogP contribution in [0.5, 0.6) is 23.0 Å². The quantitative estimate of drug-likeness (QED) is 0.0271. The third kappa shape index (κ3) is 21.1. The van der Waals surface area contributed by atoms with Crippen molar-refractivity contribution in [1.82, 2.24) is 0 Å². The second kappa shape index (κ2) is 29.2. The van der Waals surface area contributed by atoms with Crippen LogP contribution in [0.4, 0.5) is 0 Å². The minimum absolute atomic E-state index is 0.241. The van der Waals surface area contributed by atoms with Gasteiger partial charge < -0.3 is 28.4 Å². The topological polar surface area (TPSA) is 158 Å². The van der Waals surface area contributed by atoms with Crippen LogP contribution in [0.1, 0.15) is 136 Å². The van der Waals surface area contributed by atoms with Crippen molar-refractivity contribution >= 4 is 35.8 Å². The Bertz CT molecular complexity index is 1660. The highest BCUT2D eigenvalue weighted by Gasteiger charge is 2.13. The Morgan fingerprint density at radius 2 is 0.633 bits per heavy atom. The molecule has 60 heavy (non-hydrogen) atoms. The number of esters is 6. The van der Waals surface area contributed by atoms with Gasteiger partial charge in [0.2, 0.25) is 0 Å². The first-order valence-electron chi connectivity index (χ1n) is 20.9. The summed E-state index contributed by atoms with van der Waals surface area (Å²) in [6.07, 6.45) is 18.6. The first kappa shape index (κ1) is 48.3. The molecule has 0 saturated carbocycles. The van der Waals surface area contributed by atoms with Gasteiger partial charge in [0.05, 0.1) is 24.3 Å². The van der Waals surface area contributed by atoms with Gasteiger partial charge in [0.15, 0.2) is 0 Å². The Hall–Kier alpha value is -6.04. The van der Waals surface area contributed by atoms with Gasteiger partial charge in [-0.15, -0.1) is 0 Å². The third-order valence-corrected chi connectivity index (χ3v) is 9.26. The molecule has 0 unspecified atom stereocenters. The van der Waals surface area contributed by atoms with E-state index in [9.17, 15) is 28.8 Å². The molecule has 3 rings (SSSR count). The van der Waals surface area contributed by atoms with E-state index < -0.39 is 11.9 Å². The fourth-order valence-electron chi connectivity index (χ4n) is 5.92. The third-order valence-electron chi connectivity index (χ3n) is 9.26. The molecule has 0 spiro atoms. The molecule has 0 N–H and O–H groups in total. The first-order valence-corrected chi connectivity index (χ1v) is 20.9. The summed E-state index contributed by atoms with van der Waals surface area (Å²) < 4.78 is 31.6. The monoisotopic (exact) mass is 826 g/mol. The lowest BCUT2D eigenvalue weighted by Crippen LogP contribution is -2.11. The van der Waals surface area contributed by atoms with Crippen molar-refractivity contribution < 1.29 is 57.2 Å². The molecule has 0 saturated heterocycles. The Labute approximate surface area is 353 Å². The maximum Gasteiger partial charge on any atom is 0.343 e. The Balaban J connectivity index is 1.25. The maximum absolute atomic E-state index is 12.7. The number of hydrogen-bond acceptors (Lipinski definition) is 12. The molecule has 0 aliphatic carbocycles.